The van der Waals surface area contributed by atoms with Gasteiger partial charge in [-0.2, -0.15) is 5.10 Å². The fourth-order valence-electron chi connectivity index (χ4n) is 2.53. The molecule has 3 rings (SSSR count). The van der Waals surface area contributed by atoms with Crippen molar-refractivity contribution in [1.29, 1.82) is 0 Å². The van der Waals surface area contributed by atoms with Gasteiger partial charge in [0.2, 0.25) is 5.91 Å². The van der Waals surface area contributed by atoms with Gasteiger partial charge in [0.05, 0.1) is 7.11 Å². The minimum Gasteiger partial charge on any atom is -0.467 e. The van der Waals surface area contributed by atoms with Crippen LogP contribution in [0.1, 0.15) is 11.6 Å². The molecule has 1 atom stereocenters. The molecular weight excluding hydrogens is 306 g/mol. The molecule has 3 aromatic rings. The lowest BCUT2D eigenvalue weighted by Crippen LogP contribution is -2.36. The van der Waals surface area contributed by atoms with Gasteiger partial charge in [-0.05, 0) is 28.5 Å². The Morgan fingerprint density at radius 2 is 1.96 bits per heavy atom. The highest BCUT2D eigenvalue weighted by molar-refractivity contribution is 5.88. The van der Waals surface area contributed by atoms with Crippen molar-refractivity contribution in [2.24, 2.45) is 0 Å². The smallest absolute Gasteiger partial charge is 0.333 e. The van der Waals surface area contributed by atoms with Crippen molar-refractivity contribution < 1.29 is 14.3 Å². The third-order valence-corrected chi connectivity index (χ3v) is 3.71. The average Bonchev–Trinajstić information content (AvgIpc) is 3.11. The summed E-state index contributed by atoms with van der Waals surface area (Å²) in [6, 6.07) is 14.3. The number of benzene rings is 2. The first-order valence-electron chi connectivity index (χ1n) is 7.50. The minimum absolute atomic E-state index is 0.0358. The standard InChI is InChI=1S/C18H17N3O3/c1-24-18(23)17(20-16(22)12-21-10-4-9-19-21)15-8-7-13-5-2-3-6-14(13)11-15/h2-11,17H,12H2,1H3,(H,20,22)/t17-/m1/s1. The molecule has 1 N–H and O–H groups in total. The van der Waals surface area contributed by atoms with E-state index in [2.05, 4.69) is 10.4 Å². The van der Waals surface area contributed by atoms with Gasteiger partial charge >= 0.3 is 5.97 Å². The van der Waals surface area contributed by atoms with Gasteiger partial charge in [-0.3, -0.25) is 9.48 Å². The van der Waals surface area contributed by atoms with Crippen LogP contribution in [0, 0.1) is 0 Å². The molecule has 1 heterocycles. The lowest BCUT2D eigenvalue weighted by Gasteiger charge is -2.17. The normalized spacial score (nSPS) is 11.9. The summed E-state index contributed by atoms with van der Waals surface area (Å²) in [6.45, 7) is 0.0358. The summed E-state index contributed by atoms with van der Waals surface area (Å²) in [5.74, 6) is -0.832. The van der Waals surface area contributed by atoms with E-state index in [4.69, 9.17) is 4.74 Å². The first kappa shape index (κ1) is 15.7. The van der Waals surface area contributed by atoms with Gasteiger partial charge in [-0.25, -0.2) is 4.79 Å². The summed E-state index contributed by atoms with van der Waals surface area (Å²) < 4.78 is 6.33. The highest BCUT2D eigenvalue weighted by Gasteiger charge is 2.24. The van der Waals surface area contributed by atoms with Crippen molar-refractivity contribution in [3.8, 4) is 0 Å². The number of nitrogens with zero attached hydrogens (tertiary/aromatic N) is 2. The number of amides is 1. The van der Waals surface area contributed by atoms with E-state index in [1.54, 1.807) is 18.5 Å². The second-order valence-electron chi connectivity index (χ2n) is 5.33. The van der Waals surface area contributed by atoms with Crippen molar-refractivity contribution >= 4 is 22.6 Å². The van der Waals surface area contributed by atoms with Gasteiger partial charge in [-0.15, -0.1) is 0 Å². The third-order valence-electron chi connectivity index (χ3n) is 3.71. The maximum absolute atomic E-state index is 12.2. The fourth-order valence-corrected chi connectivity index (χ4v) is 2.53. The van der Waals surface area contributed by atoms with E-state index in [0.717, 1.165) is 10.8 Å². The molecular formula is C18H17N3O3. The minimum atomic E-state index is -0.859. The number of esters is 1. The SMILES string of the molecule is COC(=O)[C@H](NC(=O)Cn1cccn1)c1ccc2ccccc2c1. The summed E-state index contributed by atoms with van der Waals surface area (Å²) in [5.41, 5.74) is 0.675. The Bertz CT molecular complexity index is 859. The average molecular weight is 323 g/mol. The molecule has 1 aromatic heterocycles. The Morgan fingerprint density at radius 1 is 1.17 bits per heavy atom. The number of methoxy groups -OCH3 is 1. The molecule has 2 aromatic carbocycles. The lowest BCUT2D eigenvalue weighted by molar-refractivity contribution is -0.145. The predicted molar refractivity (Wildman–Crippen MR) is 89.1 cm³/mol. The van der Waals surface area contributed by atoms with Gasteiger partial charge in [-0.1, -0.05) is 36.4 Å². The lowest BCUT2D eigenvalue weighted by atomic mass is 10.0. The van der Waals surface area contributed by atoms with Crippen molar-refractivity contribution in [3.05, 3.63) is 66.5 Å². The second kappa shape index (κ2) is 6.95. The summed E-state index contributed by atoms with van der Waals surface area (Å²) in [6.07, 6.45) is 3.27. The first-order chi connectivity index (χ1) is 11.7. The number of carbonyl (C=O) groups excluding carboxylic acids is 2. The van der Waals surface area contributed by atoms with Crippen molar-refractivity contribution in [3.63, 3.8) is 0 Å². The molecule has 1 amide bonds. The third kappa shape index (κ3) is 3.43. The van der Waals surface area contributed by atoms with Crippen molar-refractivity contribution in [2.45, 2.75) is 12.6 Å². The zero-order chi connectivity index (χ0) is 16.9. The monoisotopic (exact) mass is 323 g/mol. The predicted octanol–water partition coefficient (Wildman–Crippen LogP) is 2.07. The Balaban J connectivity index is 1.84. The number of rotatable bonds is 5. The molecule has 0 unspecified atom stereocenters. The summed E-state index contributed by atoms with van der Waals surface area (Å²) in [4.78, 5) is 24.3. The van der Waals surface area contributed by atoms with Crippen molar-refractivity contribution in [1.82, 2.24) is 15.1 Å². The Labute approximate surface area is 139 Å². The summed E-state index contributed by atoms with van der Waals surface area (Å²) >= 11 is 0. The topological polar surface area (TPSA) is 73.2 Å². The summed E-state index contributed by atoms with van der Waals surface area (Å²) in [7, 11) is 1.30. The maximum Gasteiger partial charge on any atom is 0.333 e. The maximum atomic E-state index is 12.2. The summed E-state index contributed by atoms with van der Waals surface area (Å²) in [5, 5.41) is 8.75. The van der Waals surface area contributed by atoms with Crippen LogP contribution in [0.3, 0.4) is 0 Å². The van der Waals surface area contributed by atoms with E-state index in [0.29, 0.717) is 5.56 Å². The Hall–Kier alpha value is -3.15. The number of nitrogens with one attached hydrogen (secondary N) is 1. The molecule has 24 heavy (non-hydrogen) atoms. The van der Waals surface area contributed by atoms with E-state index >= 15 is 0 Å². The van der Waals surface area contributed by atoms with E-state index < -0.39 is 12.0 Å². The molecule has 122 valence electrons. The van der Waals surface area contributed by atoms with Gasteiger partial charge in [0.25, 0.3) is 0 Å². The highest BCUT2D eigenvalue weighted by Crippen LogP contribution is 2.21. The highest BCUT2D eigenvalue weighted by atomic mass is 16.5. The molecule has 6 nitrogen and oxygen atoms in total. The fraction of sp³-hybridized carbons (Fsp3) is 0.167. The second-order valence-corrected chi connectivity index (χ2v) is 5.33. The number of fused-ring (bicyclic) bond motifs is 1. The number of hydrogen-bond acceptors (Lipinski definition) is 4. The molecule has 0 aliphatic rings. The number of ether oxygens (including phenoxy) is 1. The van der Waals surface area contributed by atoms with Gasteiger partial charge in [0.1, 0.15) is 6.54 Å². The Morgan fingerprint density at radius 3 is 2.67 bits per heavy atom. The van der Waals surface area contributed by atoms with Gasteiger partial charge < -0.3 is 10.1 Å². The van der Waals surface area contributed by atoms with Crippen molar-refractivity contribution in [2.75, 3.05) is 7.11 Å². The Kier molecular flexibility index (Phi) is 4.56. The molecule has 0 aliphatic heterocycles. The molecule has 0 fully saturated rings. The van der Waals surface area contributed by atoms with Crippen LogP contribution in [0.25, 0.3) is 10.8 Å². The zero-order valence-electron chi connectivity index (χ0n) is 13.2. The molecule has 0 spiro atoms. The van der Waals surface area contributed by atoms with Crippen LogP contribution in [0.2, 0.25) is 0 Å². The van der Waals surface area contributed by atoms with Crippen LogP contribution in [0.15, 0.2) is 60.9 Å². The number of hydrogen-bond donors (Lipinski definition) is 1. The van der Waals surface area contributed by atoms with Gasteiger partial charge in [0.15, 0.2) is 6.04 Å². The van der Waals surface area contributed by atoms with Crippen LogP contribution in [-0.4, -0.2) is 28.8 Å². The van der Waals surface area contributed by atoms with Crippen LogP contribution >= 0.6 is 0 Å². The van der Waals surface area contributed by atoms with Crippen LogP contribution in [0.4, 0.5) is 0 Å². The first-order valence-corrected chi connectivity index (χ1v) is 7.50. The van der Waals surface area contributed by atoms with Crippen LogP contribution in [0.5, 0.6) is 0 Å². The van der Waals surface area contributed by atoms with Crippen LogP contribution < -0.4 is 5.32 Å². The zero-order valence-corrected chi connectivity index (χ0v) is 13.2. The van der Waals surface area contributed by atoms with E-state index in [9.17, 15) is 9.59 Å². The molecule has 0 saturated heterocycles. The molecule has 0 bridgehead atoms. The molecule has 0 radical (unpaired) electrons. The largest absolute Gasteiger partial charge is 0.467 e. The molecule has 0 aliphatic carbocycles. The van der Waals surface area contributed by atoms with E-state index in [1.807, 2.05) is 42.5 Å². The van der Waals surface area contributed by atoms with Gasteiger partial charge in [0, 0.05) is 12.4 Å². The number of aromatic nitrogens is 2. The molecule has 6 heteroatoms. The van der Waals surface area contributed by atoms with Crippen LogP contribution in [-0.2, 0) is 20.9 Å². The molecule has 0 saturated carbocycles. The quantitative estimate of drug-likeness (QED) is 0.730. The van der Waals surface area contributed by atoms with E-state index in [1.165, 1.54) is 11.8 Å². The van der Waals surface area contributed by atoms with E-state index in [-0.39, 0.29) is 12.5 Å². The number of carbonyl (C=O) groups is 2.